The summed E-state index contributed by atoms with van der Waals surface area (Å²) in [5.74, 6) is 0.474. The summed E-state index contributed by atoms with van der Waals surface area (Å²) in [5, 5.41) is 1.22. The number of piperazine rings is 1. The summed E-state index contributed by atoms with van der Waals surface area (Å²) in [4.78, 5) is 31.4. The molecule has 7 nitrogen and oxygen atoms in total. The molecule has 4 rings (SSSR count). The van der Waals surface area contributed by atoms with Crippen molar-refractivity contribution >= 4 is 46.5 Å². The monoisotopic (exact) mass is 631 g/mol. The lowest BCUT2D eigenvalue weighted by molar-refractivity contribution is -0.144. The maximum absolute atomic E-state index is 12.7. The fourth-order valence-corrected chi connectivity index (χ4v) is 6.18. The Morgan fingerprint density at radius 3 is 2.42 bits per heavy atom. The van der Waals surface area contributed by atoms with Gasteiger partial charge >= 0.3 is 5.97 Å². The molecule has 0 radical (unpaired) electrons. The quantitative estimate of drug-likeness (QED) is 0.131. The molecule has 2 aromatic rings. The zero-order chi connectivity index (χ0) is 30.4. The number of fused-ring (bicyclic) bond motifs is 1. The lowest BCUT2D eigenvalue weighted by Gasteiger charge is -2.36. The SMILES string of the molecule is CCCCCCCCCC(=O)OCN1C(=O)CCc2ccc(OCCCCN3CCN(c4cccc(Cl)c4Cl)CC3)cc21. The number of rotatable bonds is 17. The number of amides is 1. The Morgan fingerprint density at radius 2 is 1.63 bits per heavy atom. The third-order valence-corrected chi connectivity index (χ3v) is 9.19. The van der Waals surface area contributed by atoms with Crippen LogP contribution < -0.4 is 14.5 Å². The van der Waals surface area contributed by atoms with Gasteiger partial charge in [0.1, 0.15) is 5.75 Å². The van der Waals surface area contributed by atoms with Crippen LogP contribution in [0.4, 0.5) is 11.4 Å². The van der Waals surface area contributed by atoms with E-state index < -0.39 is 0 Å². The van der Waals surface area contributed by atoms with Gasteiger partial charge in [-0.05, 0) is 56.0 Å². The number of benzene rings is 2. The third-order valence-electron chi connectivity index (χ3n) is 8.38. The number of aryl methyl sites for hydroxylation is 1. The topological polar surface area (TPSA) is 62.3 Å². The highest BCUT2D eigenvalue weighted by Gasteiger charge is 2.26. The molecule has 1 saturated heterocycles. The molecule has 0 bridgehead atoms. The molecule has 2 heterocycles. The summed E-state index contributed by atoms with van der Waals surface area (Å²) < 4.78 is 11.6. The number of halogens is 2. The van der Waals surface area contributed by atoms with Crippen molar-refractivity contribution in [2.24, 2.45) is 0 Å². The Balaban J connectivity index is 1.15. The number of ether oxygens (including phenoxy) is 2. The van der Waals surface area contributed by atoms with Crippen LogP contribution in [0.5, 0.6) is 5.75 Å². The zero-order valence-electron chi connectivity index (χ0n) is 25.6. The van der Waals surface area contributed by atoms with E-state index in [1.807, 2.05) is 36.4 Å². The van der Waals surface area contributed by atoms with Gasteiger partial charge in [0, 0.05) is 45.1 Å². The van der Waals surface area contributed by atoms with E-state index in [1.54, 1.807) is 4.90 Å². The zero-order valence-corrected chi connectivity index (χ0v) is 27.1. The van der Waals surface area contributed by atoms with Gasteiger partial charge in [-0.25, -0.2) is 0 Å². The molecule has 1 fully saturated rings. The minimum Gasteiger partial charge on any atom is -0.494 e. The van der Waals surface area contributed by atoms with Crippen molar-refractivity contribution in [1.29, 1.82) is 0 Å². The molecule has 0 atom stereocenters. The number of hydrogen-bond donors (Lipinski definition) is 0. The smallest absolute Gasteiger partial charge is 0.307 e. The molecule has 0 unspecified atom stereocenters. The minimum atomic E-state index is -0.240. The van der Waals surface area contributed by atoms with Crippen molar-refractivity contribution in [2.45, 2.75) is 84.0 Å². The minimum absolute atomic E-state index is 0.0221. The van der Waals surface area contributed by atoms with Gasteiger partial charge in [0.2, 0.25) is 5.91 Å². The van der Waals surface area contributed by atoms with Gasteiger partial charge in [0.05, 0.1) is 28.0 Å². The van der Waals surface area contributed by atoms with E-state index >= 15 is 0 Å². The molecule has 0 spiro atoms. The normalized spacial score (nSPS) is 15.5. The van der Waals surface area contributed by atoms with Crippen LogP contribution in [0, 0.1) is 0 Å². The standard InChI is InChI=1S/C34H47Cl2N3O4/c1-2-3-4-5-6-7-8-14-33(41)43-26-39-31-25-28(17-15-27(31)16-18-32(39)40)42-24-10-9-19-37-20-22-38(23-21-37)30-13-11-12-29(35)34(30)36/h11-13,15,17,25H,2-10,14,16,18-24,26H2,1H3. The Hall–Kier alpha value is -2.48. The lowest BCUT2D eigenvalue weighted by Crippen LogP contribution is -2.46. The number of anilines is 2. The van der Waals surface area contributed by atoms with E-state index in [0.717, 1.165) is 87.5 Å². The lowest BCUT2D eigenvalue weighted by atomic mass is 10.0. The maximum Gasteiger partial charge on any atom is 0.307 e. The van der Waals surface area contributed by atoms with Crippen molar-refractivity contribution in [3.05, 3.63) is 52.0 Å². The van der Waals surface area contributed by atoms with Crippen molar-refractivity contribution < 1.29 is 19.1 Å². The van der Waals surface area contributed by atoms with Crippen molar-refractivity contribution in [2.75, 3.05) is 55.9 Å². The van der Waals surface area contributed by atoms with Crippen molar-refractivity contribution in [3.63, 3.8) is 0 Å². The Bertz CT molecular complexity index is 1190. The second kappa shape index (κ2) is 17.7. The van der Waals surface area contributed by atoms with Crippen molar-refractivity contribution in [1.82, 2.24) is 4.90 Å². The van der Waals surface area contributed by atoms with Crippen LogP contribution in [0.15, 0.2) is 36.4 Å². The van der Waals surface area contributed by atoms with Crippen LogP contribution in [0.1, 0.15) is 83.1 Å². The fraction of sp³-hybridized carbons (Fsp3) is 0.588. The first-order valence-corrected chi connectivity index (χ1v) is 16.8. The molecule has 2 aliphatic heterocycles. The molecule has 43 heavy (non-hydrogen) atoms. The van der Waals surface area contributed by atoms with E-state index in [9.17, 15) is 9.59 Å². The van der Waals surface area contributed by atoms with Crippen molar-refractivity contribution in [3.8, 4) is 5.75 Å². The number of carbonyl (C=O) groups excluding carboxylic acids is 2. The molecule has 2 aromatic carbocycles. The highest BCUT2D eigenvalue weighted by Crippen LogP contribution is 2.33. The molecule has 0 saturated carbocycles. The summed E-state index contributed by atoms with van der Waals surface area (Å²) in [6, 6.07) is 11.7. The van der Waals surface area contributed by atoms with Gasteiger partial charge in [0.25, 0.3) is 0 Å². The summed E-state index contributed by atoms with van der Waals surface area (Å²) >= 11 is 12.6. The number of carbonyl (C=O) groups is 2. The summed E-state index contributed by atoms with van der Waals surface area (Å²) in [7, 11) is 0. The first-order valence-electron chi connectivity index (χ1n) is 16.1. The van der Waals surface area contributed by atoms with Crippen LogP contribution in [0.3, 0.4) is 0 Å². The fourth-order valence-electron chi connectivity index (χ4n) is 5.76. The second-order valence-corrected chi connectivity index (χ2v) is 12.4. The maximum atomic E-state index is 12.7. The second-order valence-electron chi connectivity index (χ2n) is 11.6. The van der Waals surface area contributed by atoms with E-state index in [-0.39, 0.29) is 18.6 Å². The van der Waals surface area contributed by atoms with E-state index in [4.69, 9.17) is 32.7 Å². The number of hydrogen-bond acceptors (Lipinski definition) is 6. The summed E-state index contributed by atoms with van der Waals surface area (Å²) in [6.07, 6.45) is 11.5. The Labute approximate surface area is 267 Å². The van der Waals surface area contributed by atoms with Crippen LogP contribution in [-0.2, 0) is 20.7 Å². The predicted molar refractivity (Wildman–Crippen MR) is 176 cm³/mol. The highest BCUT2D eigenvalue weighted by atomic mass is 35.5. The molecule has 1 amide bonds. The van der Waals surface area contributed by atoms with E-state index in [1.165, 1.54) is 25.7 Å². The van der Waals surface area contributed by atoms with Gasteiger partial charge in [-0.2, -0.15) is 0 Å². The molecule has 0 aliphatic carbocycles. The predicted octanol–water partition coefficient (Wildman–Crippen LogP) is 7.90. The van der Waals surface area contributed by atoms with Crippen LogP contribution in [-0.4, -0.2) is 62.8 Å². The first-order chi connectivity index (χ1) is 21.0. The molecule has 2 aliphatic rings. The average Bonchev–Trinajstić information content (AvgIpc) is 3.01. The highest BCUT2D eigenvalue weighted by molar-refractivity contribution is 6.43. The number of nitrogens with zero attached hydrogens (tertiary/aromatic N) is 3. The van der Waals surface area contributed by atoms with Gasteiger partial charge in [0.15, 0.2) is 6.73 Å². The molecule has 236 valence electrons. The summed E-state index contributed by atoms with van der Waals surface area (Å²) in [6.45, 7) is 7.63. The number of unbranched alkanes of at least 4 members (excludes halogenated alkanes) is 7. The molecule has 0 N–H and O–H groups in total. The molecule has 0 aromatic heterocycles. The number of esters is 1. The van der Waals surface area contributed by atoms with Gasteiger partial charge in [-0.1, -0.05) is 80.8 Å². The van der Waals surface area contributed by atoms with Gasteiger partial charge in [-0.15, -0.1) is 0 Å². The Morgan fingerprint density at radius 1 is 0.860 bits per heavy atom. The van der Waals surface area contributed by atoms with Crippen LogP contribution >= 0.6 is 23.2 Å². The molecular formula is C34H47Cl2N3O4. The molecular weight excluding hydrogens is 585 g/mol. The van der Waals surface area contributed by atoms with Gasteiger partial charge in [-0.3, -0.25) is 19.4 Å². The van der Waals surface area contributed by atoms with E-state index in [0.29, 0.717) is 35.9 Å². The first kappa shape index (κ1) is 33.4. The van der Waals surface area contributed by atoms with Crippen LogP contribution in [0.25, 0.3) is 0 Å². The molecule has 9 heteroatoms. The summed E-state index contributed by atoms with van der Waals surface area (Å²) in [5.41, 5.74) is 2.87. The van der Waals surface area contributed by atoms with Gasteiger partial charge < -0.3 is 14.4 Å². The average molecular weight is 633 g/mol. The van der Waals surface area contributed by atoms with Crippen LogP contribution in [0.2, 0.25) is 10.0 Å². The Kier molecular flexibility index (Phi) is 13.8. The largest absolute Gasteiger partial charge is 0.494 e. The van der Waals surface area contributed by atoms with E-state index in [2.05, 4.69) is 16.7 Å². The third kappa shape index (κ3) is 10.3.